The summed E-state index contributed by atoms with van der Waals surface area (Å²) in [6.07, 6.45) is 0. The average molecular weight is 292 g/mol. The lowest BCUT2D eigenvalue weighted by Crippen LogP contribution is -1.90. The molecule has 0 saturated heterocycles. The van der Waals surface area contributed by atoms with E-state index >= 15 is 0 Å². The van der Waals surface area contributed by atoms with Crippen molar-refractivity contribution in [3.63, 3.8) is 0 Å². The van der Waals surface area contributed by atoms with E-state index in [4.69, 9.17) is 16.9 Å². The molecule has 0 saturated carbocycles. The van der Waals surface area contributed by atoms with Crippen LogP contribution < -0.4 is 0 Å². The van der Waals surface area contributed by atoms with Gasteiger partial charge in [0.15, 0.2) is 0 Å². The molecule has 2 aromatic carbocycles. The van der Waals surface area contributed by atoms with E-state index in [1.54, 1.807) is 36.0 Å². The zero-order chi connectivity index (χ0) is 13.7. The van der Waals surface area contributed by atoms with Crippen LogP contribution in [0.15, 0.2) is 42.5 Å². The molecule has 4 heteroatoms. The Hall–Kier alpha value is -1.50. The number of hydrogen-bond acceptors (Lipinski definition) is 2. The lowest BCUT2D eigenvalue weighted by molar-refractivity contribution is 0.617. The lowest BCUT2D eigenvalue weighted by atomic mass is 10.2. The lowest BCUT2D eigenvalue weighted by Gasteiger charge is -2.06. The Morgan fingerprint density at radius 2 is 1.84 bits per heavy atom. The highest BCUT2D eigenvalue weighted by Crippen LogP contribution is 2.25. The molecule has 0 atom stereocenters. The van der Waals surface area contributed by atoms with Crippen LogP contribution >= 0.6 is 23.4 Å². The molecule has 0 spiro atoms. The molecule has 0 bridgehead atoms. The fourth-order valence-corrected chi connectivity index (χ4v) is 2.95. The van der Waals surface area contributed by atoms with Crippen molar-refractivity contribution in [3.05, 3.63) is 70.0 Å². The second kappa shape index (κ2) is 6.60. The number of benzene rings is 2. The third-order valence-electron chi connectivity index (χ3n) is 2.66. The molecule has 0 aromatic heterocycles. The first kappa shape index (κ1) is 13.9. The summed E-state index contributed by atoms with van der Waals surface area (Å²) in [6.45, 7) is 0. The number of rotatable bonds is 4. The smallest absolute Gasteiger partial charge is 0.128 e. The first-order valence-electron chi connectivity index (χ1n) is 5.70. The predicted octanol–water partition coefficient (Wildman–Crippen LogP) is 4.78. The molecule has 96 valence electrons. The van der Waals surface area contributed by atoms with Crippen molar-refractivity contribution in [2.45, 2.75) is 11.5 Å². The monoisotopic (exact) mass is 291 g/mol. The molecule has 0 unspecified atom stereocenters. The normalized spacial score (nSPS) is 10.2. The molecule has 0 radical (unpaired) electrons. The summed E-state index contributed by atoms with van der Waals surface area (Å²) in [5.41, 5.74) is 2.30. The highest BCUT2D eigenvalue weighted by molar-refractivity contribution is 7.97. The molecule has 0 fully saturated rings. The number of hydrogen-bond donors (Lipinski definition) is 0. The van der Waals surface area contributed by atoms with Gasteiger partial charge in [0, 0.05) is 22.1 Å². The third kappa shape index (κ3) is 3.73. The fraction of sp³-hybridized carbons (Fsp3) is 0.133. The van der Waals surface area contributed by atoms with Crippen LogP contribution in [-0.2, 0) is 11.5 Å². The maximum absolute atomic E-state index is 13.5. The average Bonchev–Trinajstić information content (AvgIpc) is 2.43. The van der Waals surface area contributed by atoms with Gasteiger partial charge < -0.3 is 0 Å². The van der Waals surface area contributed by atoms with E-state index in [2.05, 4.69) is 6.07 Å². The summed E-state index contributed by atoms with van der Waals surface area (Å²) >= 11 is 7.56. The molecule has 2 rings (SSSR count). The molecular weight excluding hydrogens is 281 g/mol. The summed E-state index contributed by atoms with van der Waals surface area (Å²) in [5.74, 6) is 1.03. The minimum Gasteiger partial charge on any atom is -0.207 e. The van der Waals surface area contributed by atoms with Crippen LogP contribution in [0.1, 0.15) is 16.7 Å². The van der Waals surface area contributed by atoms with Crippen LogP contribution in [-0.4, -0.2) is 0 Å². The summed E-state index contributed by atoms with van der Waals surface area (Å²) in [5, 5.41) is 9.17. The fourth-order valence-electron chi connectivity index (χ4n) is 1.62. The molecule has 19 heavy (non-hydrogen) atoms. The Bertz CT molecular complexity index is 584. The molecular formula is C15H11ClFNS. The van der Waals surface area contributed by atoms with Crippen LogP contribution in [0.3, 0.4) is 0 Å². The molecule has 0 amide bonds. The maximum atomic E-state index is 13.5. The number of nitriles is 1. The zero-order valence-corrected chi connectivity index (χ0v) is 11.6. The Kier molecular flexibility index (Phi) is 4.84. The van der Waals surface area contributed by atoms with Gasteiger partial charge in [-0.15, -0.1) is 0 Å². The first-order chi connectivity index (χ1) is 9.20. The van der Waals surface area contributed by atoms with Crippen molar-refractivity contribution in [1.82, 2.24) is 0 Å². The van der Waals surface area contributed by atoms with E-state index in [1.807, 2.05) is 12.1 Å². The van der Waals surface area contributed by atoms with Crippen molar-refractivity contribution in [1.29, 1.82) is 5.26 Å². The van der Waals surface area contributed by atoms with Gasteiger partial charge in [-0.3, -0.25) is 0 Å². The quantitative estimate of drug-likeness (QED) is 0.809. The highest BCUT2D eigenvalue weighted by atomic mass is 35.5. The molecule has 0 aliphatic rings. The van der Waals surface area contributed by atoms with Crippen molar-refractivity contribution in [2.24, 2.45) is 0 Å². The van der Waals surface area contributed by atoms with Gasteiger partial charge in [-0.1, -0.05) is 29.8 Å². The highest BCUT2D eigenvalue weighted by Gasteiger charge is 2.06. The number of thioether (sulfide) groups is 1. The van der Waals surface area contributed by atoms with Gasteiger partial charge in [0.1, 0.15) is 5.82 Å². The molecule has 1 nitrogen and oxygen atoms in total. The van der Waals surface area contributed by atoms with E-state index in [0.29, 0.717) is 21.9 Å². The summed E-state index contributed by atoms with van der Waals surface area (Å²) in [6, 6.07) is 14.2. The SMILES string of the molecule is N#Cc1ccc(CSCc2c(F)cccc2Cl)cc1. The third-order valence-corrected chi connectivity index (χ3v) is 4.04. The minimum absolute atomic E-state index is 0.264. The van der Waals surface area contributed by atoms with Crippen molar-refractivity contribution < 1.29 is 4.39 Å². The van der Waals surface area contributed by atoms with E-state index in [9.17, 15) is 4.39 Å². The van der Waals surface area contributed by atoms with E-state index in [1.165, 1.54) is 6.07 Å². The standard InChI is InChI=1S/C15H11ClFNS/c16-14-2-1-3-15(17)13(14)10-19-9-12-6-4-11(8-18)5-7-12/h1-7H,9-10H2. The predicted molar refractivity (Wildman–Crippen MR) is 77.6 cm³/mol. The van der Waals surface area contributed by atoms with E-state index in [0.717, 1.165) is 11.3 Å². The van der Waals surface area contributed by atoms with E-state index < -0.39 is 0 Å². The van der Waals surface area contributed by atoms with Crippen LogP contribution in [0.2, 0.25) is 5.02 Å². The van der Waals surface area contributed by atoms with Crippen LogP contribution in [0.25, 0.3) is 0 Å². The van der Waals surface area contributed by atoms with Gasteiger partial charge in [0.2, 0.25) is 0 Å². The van der Waals surface area contributed by atoms with Crippen LogP contribution in [0.5, 0.6) is 0 Å². The second-order valence-electron chi connectivity index (χ2n) is 4.00. The van der Waals surface area contributed by atoms with Gasteiger partial charge in [0.05, 0.1) is 11.6 Å². The Balaban J connectivity index is 1.95. The first-order valence-corrected chi connectivity index (χ1v) is 7.23. The van der Waals surface area contributed by atoms with Crippen molar-refractivity contribution in [3.8, 4) is 6.07 Å². The molecule has 0 aliphatic heterocycles. The molecule has 0 N–H and O–H groups in total. The zero-order valence-electron chi connectivity index (χ0n) is 10.1. The van der Waals surface area contributed by atoms with Gasteiger partial charge >= 0.3 is 0 Å². The van der Waals surface area contributed by atoms with Crippen molar-refractivity contribution >= 4 is 23.4 Å². The van der Waals surface area contributed by atoms with Gasteiger partial charge in [0.25, 0.3) is 0 Å². The molecule has 0 heterocycles. The topological polar surface area (TPSA) is 23.8 Å². The Morgan fingerprint density at radius 1 is 1.11 bits per heavy atom. The Labute approximate surface area is 121 Å². The summed E-state index contributed by atoms with van der Waals surface area (Å²) in [7, 11) is 0. The second-order valence-corrected chi connectivity index (χ2v) is 5.39. The number of nitrogens with zero attached hydrogens (tertiary/aromatic N) is 1. The summed E-state index contributed by atoms with van der Waals surface area (Å²) in [4.78, 5) is 0. The van der Waals surface area contributed by atoms with E-state index in [-0.39, 0.29) is 5.82 Å². The largest absolute Gasteiger partial charge is 0.207 e. The van der Waals surface area contributed by atoms with Gasteiger partial charge in [-0.25, -0.2) is 4.39 Å². The molecule has 2 aromatic rings. The minimum atomic E-state index is -0.264. The van der Waals surface area contributed by atoms with Gasteiger partial charge in [-0.05, 0) is 29.8 Å². The van der Waals surface area contributed by atoms with Gasteiger partial charge in [-0.2, -0.15) is 17.0 Å². The van der Waals surface area contributed by atoms with Crippen LogP contribution in [0, 0.1) is 17.1 Å². The van der Waals surface area contributed by atoms with Crippen molar-refractivity contribution in [2.75, 3.05) is 0 Å². The van der Waals surface area contributed by atoms with Crippen LogP contribution in [0.4, 0.5) is 4.39 Å². The molecule has 0 aliphatic carbocycles. The number of halogens is 2. The Morgan fingerprint density at radius 3 is 2.47 bits per heavy atom. The summed E-state index contributed by atoms with van der Waals surface area (Å²) < 4.78 is 13.5. The maximum Gasteiger partial charge on any atom is 0.128 e.